The summed E-state index contributed by atoms with van der Waals surface area (Å²) in [7, 11) is 0. The van der Waals surface area contributed by atoms with Gasteiger partial charge < -0.3 is 9.88 Å². The number of aryl methyl sites for hydroxylation is 1. The molecule has 0 saturated heterocycles. The summed E-state index contributed by atoms with van der Waals surface area (Å²) in [4.78, 5) is 11.8. The summed E-state index contributed by atoms with van der Waals surface area (Å²) in [6, 6.07) is -0.109. The third-order valence-electron chi connectivity index (χ3n) is 3.30. The van der Waals surface area contributed by atoms with Crippen LogP contribution in [0.1, 0.15) is 57.7 Å². The van der Waals surface area contributed by atoms with Crippen LogP contribution in [-0.4, -0.2) is 20.7 Å². The fraction of sp³-hybridized carbons (Fsp3) is 0.643. The van der Waals surface area contributed by atoms with Crippen molar-refractivity contribution in [3.63, 3.8) is 0 Å². The van der Waals surface area contributed by atoms with Crippen LogP contribution in [0.3, 0.4) is 0 Å². The number of nitrogens with zero attached hydrogens (tertiary/aromatic N) is 3. The molecule has 0 bridgehead atoms. The van der Waals surface area contributed by atoms with Crippen molar-refractivity contribution in [1.29, 1.82) is 0 Å². The Kier molecular flexibility index (Phi) is 4.35. The Bertz CT molecular complexity index is 486. The Hall–Kier alpha value is -1.65. The maximum Gasteiger partial charge on any atom is 0.244 e. The second-order valence-electron chi connectivity index (χ2n) is 5.39. The largest absolute Gasteiger partial charge is 0.343 e. The molecule has 2 heterocycles. The van der Waals surface area contributed by atoms with E-state index in [-0.39, 0.29) is 11.9 Å². The minimum Gasteiger partial charge on any atom is -0.343 e. The zero-order valence-electron chi connectivity index (χ0n) is 11.9. The fourth-order valence-corrected chi connectivity index (χ4v) is 2.41. The van der Waals surface area contributed by atoms with E-state index in [2.05, 4.69) is 20.1 Å². The number of carbonyl (C=O) groups is 1. The van der Waals surface area contributed by atoms with E-state index in [1.165, 1.54) is 12.8 Å². The summed E-state index contributed by atoms with van der Waals surface area (Å²) in [5, 5.41) is 11.4. The van der Waals surface area contributed by atoms with Crippen molar-refractivity contribution >= 4 is 5.91 Å². The molecule has 1 aromatic rings. The van der Waals surface area contributed by atoms with Gasteiger partial charge in [0.2, 0.25) is 5.91 Å². The van der Waals surface area contributed by atoms with E-state index < -0.39 is 0 Å². The van der Waals surface area contributed by atoms with Gasteiger partial charge >= 0.3 is 0 Å². The van der Waals surface area contributed by atoms with Crippen molar-refractivity contribution in [3.05, 3.63) is 23.3 Å². The first kappa shape index (κ1) is 13.8. The SMILES string of the molecule is CC(C)=CC(=O)NC(C)c1nnc2n1CCCCC2. The summed E-state index contributed by atoms with van der Waals surface area (Å²) < 4.78 is 2.17. The van der Waals surface area contributed by atoms with Gasteiger partial charge in [-0.2, -0.15) is 0 Å². The Morgan fingerprint density at radius 3 is 2.84 bits per heavy atom. The minimum atomic E-state index is -0.109. The third-order valence-corrected chi connectivity index (χ3v) is 3.30. The molecule has 0 saturated carbocycles. The van der Waals surface area contributed by atoms with E-state index in [0.29, 0.717) is 0 Å². The van der Waals surface area contributed by atoms with E-state index in [0.717, 1.165) is 36.6 Å². The van der Waals surface area contributed by atoms with Crippen LogP contribution in [0.15, 0.2) is 11.6 Å². The van der Waals surface area contributed by atoms with Gasteiger partial charge in [-0.05, 0) is 33.6 Å². The molecule has 0 fully saturated rings. The third kappa shape index (κ3) is 3.43. The van der Waals surface area contributed by atoms with Gasteiger partial charge in [0.05, 0.1) is 6.04 Å². The second kappa shape index (κ2) is 5.99. The number of carbonyl (C=O) groups excluding carboxylic acids is 1. The molecule has 2 rings (SSSR count). The van der Waals surface area contributed by atoms with Gasteiger partial charge in [0.15, 0.2) is 5.82 Å². The molecule has 1 N–H and O–H groups in total. The molecule has 1 amide bonds. The normalized spacial score (nSPS) is 16.2. The molecular formula is C14H22N4O. The molecular weight excluding hydrogens is 240 g/mol. The number of hydrogen-bond acceptors (Lipinski definition) is 3. The number of allylic oxidation sites excluding steroid dienone is 1. The maximum atomic E-state index is 11.8. The summed E-state index contributed by atoms with van der Waals surface area (Å²) in [6.45, 7) is 6.74. The Morgan fingerprint density at radius 2 is 2.11 bits per heavy atom. The number of aromatic nitrogens is 3. The predicted octanol–water partition coefficient (Wildman–Crippen LogP) is 2.15. The fourth-order valence-electron chi connectivity index (χ4n) is 2.41. The molecule has 0 spiro atoms. The molecule has 1 atom stereocenters. The van der Waals surface area contributed by atoms with E-state index in [1.54, 1.807) is 6.08 Å². The van der Waals surface area contributed by atoms with Crippen molar-refractivity contribution in [2.75, 3.05) is 0 Å². The van der Waals surface area contributed by atoms with Gasteiger partial charge in [0.1, 0.15) is 5.82 Å². The second-order valence-corrected chi connectivity index (χ2v) is 5.39. The standard InChI is InChI=1S/C14H22N4O/c1-10(2)9-13(19)15-11(3)14-17-16-12-7-5-4-6-8-18(12)14/h9,11H,4-8H2,1-3H3,(H,15,19). The van der Waals surface area contributed by atoms with Crippen LogP contribution in [0.4, 0.5) is 0 Å². The van der Waals surface area contributed by atoms with Crippen LogP contribution >= 0.6 is 0 Å². The number of rotatable bonds is 3. The molecule has 19 heavy (non-hydrogen) atoms. The lowest BCUT2D eigenvalue weighted by molar-refractivity contribution is -0.117. The number of amides is 1. The van der Waals surface area contributed by atoms with Gasteiger partial charge in [-0.15, -0.1) is 10.2 Å². The highest BCUT2D eigenvalue weighted by Crippen LogP contribution is 2.18. The van der Waals surface area contributed by atoms with Gasteiger partial charge in [-0.25, -0.2) is 0 Å². The molecule has 0 aliphatic carbocycles. The molecule has 1 aromatic heterocycles. The lowest BCUT2D eigenvalue weighted by atomic mass is 10.2. The monoisotopic (exact) mass is 262 g/mol. The van der Waals surface area contributed by atoms with E-state index in [4.69, 9.17) is 0 Å². The van der Waals surface area contributed by atoms with Gasteiger partial charge in [0.25, 0.3) is 0 Å². The number of nitrogens with one attached hydrogen (secondary N) is 1. The van der Waals surface area contributed by atoms with Gasteiger partial charge in [-0.1, -0.05) is 12.0 Å². The Labute approximate surface area is 114 Å². The summed E-state index contributed by atoms with van der Waals surface area (Å²) in [6.07, 6.45) is 6.17. The minimum absolute atomic E-state index is 0.0709. The topological polar surface area (TPSA) is 59.8 Å². The van der Waals surface area contributed by atoms with Crippen molar-refractivity contribution < 1.29 is 4.79 Å². The molecule has 5 nitrogen and oxygen atoms in total. The van der Waals surface area contributed by atoms with Crippen LogP contribution in [0.25, 0.3) is 0 Å². The van der Waals surface area contributed by atoms with Crippen molar-refractivity contribution in [3.8, 4) is 0 Å². The van der Waals surface area contributed by atoms with E-state index in [9.17, 15) is 4.79 Å². The smallest absolute Gasteiger partial charge is 0.244 e. The lowest BCUT2D eigenvalue weighted by Crippen LogP contribution is -2.27. The molecule has 0 radical (unpaired) electrons. The van der Waals surface area contributed by atoms with Crippen molar-refractivity contribution in [2.45, 2.75) is 59.0 Å². The van der Waals surface area contributed by atoms with Crippen LogP contribution in [0.2, 0.25) is 0 Å². The van der Waals surface area contributed by atoms with Crippen LogP contribution < -0.4 is 5.32 Å². The molecule has 1 aliphatic rings. The maximum absolute atomic E-state index is 11.8. The number of hydrogen-bond donors (Lipinski definition) is 1. The van der Waals surface area contributed by atoms with E-state index >= 15 is 0 Å². The van der Waals surface area contributed by atoms with Crippen LogP contribution in [0, 0.1) is 0 Å². The van der Waals surface area contributed by atoms with Crippen molar-refractivity contribution in [1.82, 2.24) is 20.1 Å². The average molecular weight is 262 g/mol. The predicted molar refractivity (Wildman–Crippen MR) is 73.6 cm³/mol. The van der Waals surface area contributed by atoms with Crippen LogP contribution in [-0.2, 0) is 17.8 Å². The quantitative estimate of drug-likeness (QED) is 0.849. The highest BCUT2D eigenvalue weighted by atomic mass is 16.1. The summed E-state index contributed by atoms with van der Waals surface area (Å²) in [5.74, 6) is 1.85. The number of fused-ring (bicyclic) bond motifs is 1. The first-order valence-electron chi connectivity index (χ1n) is 6.95. The Balaban J connectivity index is 2.11. The molecule has 0 aromatic carbocycles. The van der Waals surface area contributed by atoms with Crippen LogP contribution in [0.5, 0.6) is 0 Å². The highest BCUT2D eigenvalue weighted by Gasteiger charge is 2.19. The molecule has 1 unspecified atom stereocenters. The molecule has 5 heteroatoms. The van der Waals surface area contributed by atoms with Gasteiger partial charge in [0, 0.05) is 19.0 Å². The zero-order chi connectivity index (χ0) is 13.8. The average Bonchev–Trinajstić information content (AvgIpc) is 2.57. The first-order chi connectivity index (χ1) is 9.08. The molecule has 1 aliphatic heterocycles. The lowest BCUT2D eigenvalue weighted by Gasteiger charge is -2.14. The summed E-state index contributed by atoms with van der Waals surface area (Å²) >= 11 is 0. The highest BCUT2D eigenvalue weighted by molar-refractivity contribution is 5.88. The first-order valence-corrected chi connectivity index (χ1v) is 6.95. The summed E-state index contributed by atoms with van der Waals surface area (Å²) in [5.41, 5.74) is 0.991. The van der Waals surface area contributed by atoms with Gasteiger partial charge in [-0.3, -0.25) is 4.79 Å². The van der Waals surface area contributed by atoms with Crippen molar-refractivity contribution in [2.24, 2.45) is 0 Å². The zero-order valence-corrected chi connectivity index (χ0v) is 11.9. The Morgan fingerprint density at radius 1 is 1.32 bits per heavy atom. The van der Waals surface area contributed by atoms with E-state index in [1.807, 2.05) is 20.8 Å². The molecule has 104 valence electrons.